The molecule has 7 nitrogen and oxygen atoms in total. The van der Waals surface area contributed by atoms with Gasteiger partial charge in [0.25, 0.3) is 5.82 Å². The fraction of sp³-hybridized carbons (Fsp3) is 0.182. The molecule has 0 aliphatic carbocycles. The van der Waals surface area contributed by atoms with Crippen LogP contribution in [0.4, 0.5) is 19.1 Å². The Morgan fingerprint density at radius 1 is 1.48 bits per heavy atom. The van der Waals surface area contributed by atoms with Gasteiger partial charge in [0.1, 0.15) is 29.3 Å². The lowest BCUT2D eigenvalue weighted by atomic mass is 10.0. The molecule has 3 heterocycles. The van der Waals surface area contributed by atoms with Crippen molar-refractivity contribution >= 4 is 11.8 Å². The van der Waals surface area contributed by atoms with Gasteiger partial charge in [0.2, 0.25) is 5.95 Å². The highest BCUT2D eigenvalue weighted by Gasteiger charge is 2.40. The molecule has 1 atom stereocenters. The predicted octanol–water partition coefficient (Wildman–Crippen LogP) is 1.71. The maximum atomic E-state index is 12.6. The SMILES string of the molecule is N#CC1=C(N)n2nc(C(F)(F)F)nc2N[C@H]1c1ccco1. The molecule has 10 heteroatoms. The van der Waals surface area contributed by atoms with Gasteiger partial charge in [0.15, 0.2) is 0 Å². The molecular weight excluding hydrogens is 289 g/mol. The monoisotopic (exact) mass is 296 g/mol. The van der Waals surface area contributed by atoms with E-state index in [0.717, 1.165) is 4.68 Å². The van der Waals surface area contributed by atoms with Gasteiger partial charge in [-0.3, -0.25) is 0 Å². The molecule has 0 amide bonds. The van der Waals surface area contributed by atoms with Gasteiger partial charge in [-0.25, -0.2) is 0 Å². The molecule has 21 heavy (non-hydrogen) atoms. The molecule has 0 fully saturated rings. The van der Waals surface area contributed by atoms with Crippen LogP contribution in [0.25, 0.3) is 5.82 Å². The summed E-state index contributed by atoms with van der Waals surface area (Å²) in [6.07, 6.45) is -3.33. The second kappa shape index (κ2) is 4.27. The zero-order valence-electron chi connectivity index (χ0n) is 10.2. The summed E-state index contributed by atoms with van der Waals surface area (Å²) in [4.78, 5) is 3.35. The molecule has 0 radical (unpaired) electrons. The van der Waals surface area contributed by atoms with E-state index in [1.165, 1.54) is 6.26 Å². The quantitative estimate of drug-likeness (QED) is 0.829. The maximum Gasteiger partial charge on any atom is 0.453 e. The Morgan fingerprint density at radius 3 is 2.81 bits per heavy atom. The van der Waals surface area contributed by atoms with Crippen molar-refractivity contribution in [1.29, 1.82) is 5.26 Å². The molecule has 0 unspecified atom stereocenters. The van der Waals surface area contributed by atoms with Crippen molar-refractivity contribution in [1.82, 2.24) is 14.8 Å². The topological polar surface area (TPSA) is 106 Å². The number of furan rings is 1. The standard InChI is InChI=1S/C11H7F3N6O/c12-11(13,14)9-18-10-17-7(6-2-1-3-21-6)5(4-15)8(16)20(10)19-9/h1-3,7H,16H2,(H,17,18,19)/t7-/m1/s1. The first kappa shape index (κ1) is 13.0. The number of nitrogens with zero attached hydrogens (tertiary/aromatic N) is 4. The van der Waals surface area contributed by atoms with E-state index in [9.17, 15) is 13.2 Å². The van der Waals surface area contributed by atoms with Crippen molar-refractivity contribution in [2.75, 3.05) is 5.32 Å². The Morgan fingerprint density at radius 2 is 2.24 bits per heavy atom. The van der Waals surface area contributed by atoms with E-state index in [0.29, 0.717) is 5.76 Å². The second-order valence-corrected chi connectivity index (χ2v) is 4.17. The van der Waals surface area contributed by atoms with Gasteiger partial charge in [-0.05, 0) is 12.1 Å². The van der Waals surface area contributed by atoms with Crippen LogP contribution >= 0.6 is 0 Å². The van der Waals surface area contributed by atoms with Crippen LogP contribution in [0, 0.1) is 11.3 Å². The average molecular weight is 296 g/mol. The molecule has 1 aliphatic rings. The smallest absolute Gasteiger partial charge is 0.453 e. The van der Waals surface area contributed by atoms with Crippen molar-refractivity contribution in [2.45, 2.75) is 12.2 Å². The van der Waals surface area contributed by atoms with E-state index in [1.807, 2.05) is 6.07 Å². The number of hydrogen-bond donors (Lipinski definition) is 2. The molecule has 1 aliphatic heterocycles. The summed E-state index contributed by atoms with van der Waals surface area (Å²) in [7, 11) is 0. The van der Waals surface area contributed by atoms with Crippen LogP contribution in [0.2, 0.25) is 0 Å². The molecular formula is C11H7F3N6O. The molecule has 3 N–H and O–H groups in total. The summed E-state index contributed by atoms with van der Waals surface area (Å²) >= 11 is 0. The van der Waals surface area contributed by atoms with E-state index in [-0.39, 0.29) is 17.3 Å². The summed E-state index contributed by atoms with van der Waals surface area (Å²) in [5, 5.41) is 15.1. The molecule has 0 saturated carbocycles. The Labute approximate surface area is 115 Å². The van der Waals surface area contributed by atoms with Crippen LogP contribution in [-0.4, -0.2) is 14.8 Å². The van der Waals surface area contributed by atoms with Gasteiger partial charge in [-0.15, -0.1) is 5.10 Å². The summed E-state index contributed by atoms with van der Waals surface area (Å²) in [6.45, 7) is 0. The number of anilines is 1. The van der Waals surface area contributed by atoms with Crippen molar-refractivity contribution in [3.8, 4) is 6.07 Å². The Bertz CT molecular complexity index is 752. The van der Waals surface area contributed by atoms with Crippen LogP contribution < -0.4 is 11.1 Å². The minimum atomic E-state index is -4.71. The molecule has 0 aromatic carbocycles. The number of nitrogens with two attached hydrogens (primary N) is 1. The van der Waals surface area contributed by atoms with Crippen molar-refractivity contribution in [2.24, 2.45) is 5.73 Å². The van der Waals surface area contributed by atoms with Crippen molar-refractivity contribution < 1.29 is 17.6 Å². The molecule has 2 aromatic rings. The minimum Gasteiger partial charge on any atom is -0.467 e. The number of nitrogens with one attached hydrogen (secondary N) is 1. The first-order valence-corrected chi connectivity index (χ1v) is 5.66. The van der Waals surface area contributed by atoms with Gasteiger partial charge in [-0.2, -0.15) is 28.1 Å². The number of alkyl halides is 3. The molecule has 0 saturated heterocycles. The van der Waals surface area contributed by atoms with Crippen LogP contribution in [0.3, 0.4) is 0 Å². The Kier molecular flexibility index (Phi) is 2.65. The third-order valence-electron chi connectivity index (χ3n) is 2.88. The zero-order chi connectivity index (χ0) is 15.2. The van der Waals surface area contributed by atoms with Crippen molar-refractivity contribution in [3.05, 3.63) is 35.6 Å². The largest absolute Gasteiger partial charge is 0.467 e. The van der Waals surface area contributed by atoms with Crippen molar-refractivity contribution in [3.63, 3.8) is 0 Å². The fourth-order valence-corrected chi connectivity index (χ4v) is 1.95. The summed E-state index contributed by atoms with van der Waals surface area (Å²) < 4.78 is 43.8. The number of aromatic nitrogens is 3. The summed E-state index contributed by atoms with van der Waals surface area (Å²) in [6, 6.07) is 4.18. The number of rotatable bonds is 1. The van der Waals surface area contributed by atoms with E-state index >= 15 is 0 Å². The lowest BCUT2D eigenvalue weighted by Gasteiger charge is -2.23. The zero-order valence-corrected chi connectivity index (χ0v) is 10.2. The van der Waals surface area contributed by atoms with Gasteiger partial charge >= 0.3 is 6.18 Å². The first-order chi connectivity index (χ1) is 9.91. The normalized spacial score (nSPS) is 18.1. The number of fused-ring (bicyclic) bond motifs is 1. The Hall–Kier alpha value is -2.96. The minimum absolute atomic E-state index is 0.00363. The van der Waals surface area contributed by atoms with Gasteiger partial charge < -0.3 is 15.5 Å². The molecule has 3 rings (SSSR count). The summed E-state index contributed by atoms with van der Waals surface area (Å²) in [5.41, 5.74) is 5.72. The highest BCUT2D eigenvalue weighted by Crippen LogP contribution is 2.35. The lowest BCUT2D eigenvalue weighted by Crippen LogP contribution is -2.26. The maximum absolute atomic E-state index is 12.6. The van der Waals surface area contributed by atoms with E-state index in [4.69, 9.17) is 15.4 Å². The Balaban J connectivity index is 2.12. The lowest BCUT2D eigenvalue weighted by molar-refractivity contribution is -0.144. The van der Waals surface area contributed by atoms with Crippen LogP contribution in [0.15, 0.2) is 28.4 Å². The summed E-state index contributed by atoms with van der Waals surface area (Å²) in [5.74, 6) is -1.45. The molecule has 0 spiro atoms. The molecule has 108 valence electrons. The van der Waals surface area contributed by atoms with Crippen LogP contribution in [0.1, 0.15) is 17.6 Å². The highest BCUT2D eigenvalue weighted by atomic mass is 19.4. The molecule has 0 bridgehead atoms. The predicted molar refractivity (Wildman–Crippen MR) is 63.1 cm³/mol. The second-order valence-electron chi connectivity index (χ2n) is 4.17. The van der Waals surface area contributed by atoms with E-state index in [2.05, 4.69) is 15.4 Å². The van der Waals surface area contributed by atoms with E-state index in [1.54, 1.807) is 12.1 Å². The third kappa shape index (κ3) is 1.99. The van der Waals surface area contributed by atoms with Crippen LogP contribution in [0.5, 0.6) is 0 Å². The number of halogens is 3. The van der Waals surface area contributed by atoms with Crippen LogP contribution in [-0.2, 0) is 6.18 Å². The van der Waals surface area contributed by atoms with E-state index < -0.39 is 18.0 Å². The third-order valence-corrected chi connectivity index (χ3v) is 2.88. The highest BCUT2D eigenvalue weighted by molar-refractivity contribution is 5.64. The molecule has 2 aromatic heterocycles. The number of nitriles is 1. The van der Waals surface area contributed by atoms with Gasteiger partial charge in [0, 0.05) is 0 Å². The van der Waals surface area contributed by atoms with Gasteiger partial charge in [-0.1, -0.05) is 0 Å². The first-order valence-electron chi connectivity index (χ1n) is 5.66. The fourth-order valence-electron chi connectivity index (χ4n) is 1.95. The van der Waals surface area contributed by atoms with Gasteiger partial charge in [0.05, 0.1) is 6.26 Å². The average Bonchev–Trinajstić information content (AvgIpc) is 3.07. The number of hydrogen-bond acceptors (Lipinski definition) is 6.